The average molecular weight is 337 g/mol. The van der Waals surface area contributed by atoms with Crippen LogP contribution in [0, 0.1) is 13.8 Å². The normalized spacial score (nSPS) is 15.0. The third-order valence-electron chi connectivity index (χ3n) is 3.74. The molecule has 1 aliphatic heterocycles. The lowest BCUT2D eigenvalue weighted by Crippen LogP contribution is -2.54. The van der Waals surface area contributed by atoms with E-state index in [1.165, 1.54) is 4.90 Å². The molecular formula is C16H23N3O3S. The van der Waals surface area contributed by atoms with Crippen molar-refractivity contribution in [3.8, 4) is 0 Å². The first-order valence-electron chi connectivity index (χ1n) is 7.75. The van der Waals surface area contributed by atoms with Crippen molar-refractivity contribution in [2.24, 2.45) is 0 Å². The molecule has 1 saturated heterocycles. The van der Waals surface area contributed by atoms with Gasteiger partial charge in [0.05, 0.1) is 5.56 Å². The van der Waals surface area contributed by atoms with E-state index < -0.39 is 11.8 Å². The third-order valence-corrected chi connectivity index (χ3v) is 4.71. The number of piperazine rings is 1. The molecular weight excluding hydrogens is 314 g/mol. The summed E-state index contributed by atoms with van der Waals surface area (Å²) in [6.07, 6.45) is 0. The van der Waals surface area contributed by atoms with Crippen LogP contribution in [0.1, 0.15) is 34.0 Å². The van der Waals surface area contributed by atoms with E-state index in [4.69, 9.17) is 0 Å². The second kappa shape index (κ2) is 7.12. The first-order valence-corrected chi connectivity index (χ1v) is 8.57. The number of nitrogens with zero attached hydrogens (tertiary/aromatic N) is 2. The molecule has 0 aromatic carbocycles. The Morgan fingerprint density at radius 3 is 2.13 bits per heavy atom. The molecule has 1 N–H and O–H groups in total. The lowest BCUT2D eigenvalue weighted by molar-refractivity contribution is -0.147. The summed E-state index contributed by atoms with van der Waals surface area (Å²) < 4.78 is 0. The standard InChI is InChI=1S/C16H23N3O3S/c1-10(2)17-14(20)16(22)19-7-5-18(6-8-19)15(21)13-9-11(3)23-12(13)4/h9-10H,5-8H2,1-4H3,(H,17,20). The van der Waals surface area contributed by atoms with E-state index in [-0.39, 0.29) is 11.9 Å². The van der Waals surface area contributed by atoms with Crippen molar-refractivity contribution in [2.75, 3.05) is 26.2 Å². The summed E-state index contributed by atoms with van der Waals surface area (Å²) in [5, 5.41) is 2.60. The van der Waals surface area contributed by atoms with Crippen molar-refractivity contribution in [3.63, 3.8) is 0 Å². The van der Waals surface area contributed by atoms with Crippen molar-refractivity contribution in [1.29, 1.82) is 0 Å². The van der Waals surface area contributed by atoms with E-state index in [1.807, 2.05) is 33.8 Å². The van der Waals surface area contributed by atoms with E-state index in [2.05, 4.69) is 5.32 Å². The van der Waals surface area contributed by atoms with E-state index in [0.29, 0.717) is 26.2 Å². The molecule has 23 heavy (non-hydrogen) atoms. The summed E-state index contributed by atoms with van der Waals surface area (Å²) in [6, 6.07) is 1.84. The van der Waals surface area contributed by atoms with Crippen LogP contribution in [0.15, 0.2) is 6.07 Å². The van der Waals surface area contributed by atoms with Gasteiger partial charge in [-0.1, -0.05) is 0 Å². The summed E-state index contributed by atoms with van der Waals surface area (Å²) in [7, 11) is 0. The monoisotopic (exact) mass is 337 g/mol. The van der Waals surface area contributed by atoms with Gasteiger partial charge in [0, 0.05) is 42.0 Å². The Bertz CT molecular complexity index is 616. The number of carbonyl (C=O) groups is 3. The van der Waals surface area contributed by atoms with E-state index in [1.54, 1.807) is 16.2 Å². The Labute approximate surface area is 140 Å². The van der Waals surface area contributed by atoms with E-state index in [0.717, 1.165) is 15.3 Å². The first-order chi connectivity index (χ1) is 10.8. The second-order valence-electron chi connectivity index (χ2n) is 6.04. The molecule has 0 radical (unpaired) electrons. The molecule has 1 aliphatic rings. The number of amides is 3. The molecule has 1 fully saturated rings. The van der Waals surface area contributed by atoms with E-state index in [9.17, 15) is 14.4 Å². The van der Waals surface area contributed by atoms with Gasteiger partial charge in [0.2, 0.25) is 0 Å². The number of carbonyl (C=O) groups excluding carboxylic acids is 3. The van der Waals surface area contributed by atoms with Gasteiger partial charge in [-0.15, -0.1) is 11.3 Å². The highest BCUT2D eigenvalue weighted by molar-refractivity contribution is 7.12. The van der Waals surface area contributed by atoms with Gasteiger partial charge in [0.15, 0.2) is 0 Å². The minimum atomic E-state index is -0.580. The van der Waals surface area contributed by atoms with Crippen molar-refractivity contribution in [1.82, 2.24) is 15.1 Å². The number of rotatable bonds is 2. The molecule has 1 aromatic heterocycles. The maximum Gasteiger partial charge on any atom is 0.312 e. The number of thiophene rings is 1. The summed E-state index contributed by atoms with van der Waals surface area (Å²) in [5.41, 5.74) is 0.741. The van der Waals surface area contributed by atoms with Crippen molar-refractivity contribution < 1.29 is 14.4 Å². The van der Waals surface area contributed by atoms with Crippen molar-refractivity contribution >= 4 is 29.1 Å². The van der Waals surface area contributed by atoms with Crippen molar-refractivity contribution in [2.45, 2.75) is 33.7 Å². The molecule has 3 amide bonds. The van der Waals surface area contributed by atoms with Crippen LogP contribution >= 0.6 is 11.3 Å². The maximum atomic E-state index is 12.5. The van der Waals surface area contributed by atoms with Gasteiger partial charge in [0.1, 0.15) is 0 Å². The minimum absolute atomic E-state index is 0.00517. The lowest BCUT2D eigenvalue weighted by atomic mass is 10.2. The Hall–Kier alpha value is -1.89. The smallest absolute Gasteiger partial charge is 0.312 e. The number of aryl methyl sites for hydroxylation is 2. The fourth-order valence-electron chi connectivity index (χ4n) is 2.59. The molecule has 0 saturated carbocycles. The second-order valence-corrected chi connectivity index (χ2v) is 7.50. The van der Waals surface area contributed by atoms with Gasteiger partial charge >= 0.3 is 11.8 Å². The van der Waals surface area contributed by atoms with Gasteiger partial charge in [0.25, 0.3) is 5.91 Å². The Morgan fingerprint density at radius 2 is 1.65 bits per heavy atom. The van der Waals surface area contributed by atoms with Gasteiger partial charge < -0.3 is 15.1 Å². The Morgan fingerprint density at radius 1 is 1.09 bits per heavy atom. The molecule has 126 valence electrons. The molecule has 0 spiro atoms. The van der Waals surface area contributed by atoms with Crippen molar-refractivity contribution in [3.05, 3.63) is 21.4 Å². The molecule has 0 atom stereocenters. The predicted octanol–water partition coefficient (Wildman–Crippen LogP) is 1.17. The van der Waals surface area contributed by atoms with Gasteiger partial charge in [-0.3, -0.25) is 14.4 Å². The largest absolute Gasteiger partial charge is 0.346 e. The highest BCUT2D eigenvalue weighted by atomic mass is 32.1. The fourth-order valence-corrected chi connectivity index (χ4v) is 3.51. The molecule has 0 aliphatic carbocycles. The average Bonchev–Trinajstić information content (AvgIpc) is 2.84. The highest BCUT2D eigenvalue weighted by Gasteiger charge is 2.29. The zero-order chi connectivity index (χ0) is 17.1. The quantitative estimate of drug-likeness (QED) is 0.824. The molecule has 0 unspecified atom stereocenters. The number of hydrogen-bond acceptors (Lipinski definition) is 4. The van der Waals surface area contributed by atoms with E-state index >= 15 is 0 Å². The van der Waals surface area contributed by atoms with Gasteiger partial charge in [-0.25, -0.2) is 0 Å². The minimum Gasteiger partial charge on any atom is -0.346 e. The number of hydrogen-bond donors (Lipinski definition) is 1. The lowest BCUT2D eigenvalue weighted by Gasteiger charge is -2.34. The number of nitrogens with one attached hydrogen (secondary N) is 1. The molecule has 1 aromatic rings. The molecule has 7 heteroatoms. The molecule has 2 heterocycles. The third kappa shape index (κ3) is 4.10. The topological polar surface area (TPSA) is 69.7 Å². The van der Waals surface area contributed by atoms with Gasteiger partial charge in [-0.2, -0.15) is 0 Å². The highest BCUT2D eigenvalue weighted by Crippen LogP contribution is 2.22. The van der Waals surface area contributed by atoms with Crippen LogP contribution in [-0.2, 0) is 9.59 Å². The van der Waals surface area contributed by atoms with Gasteiger partial charge in [-0.05, 0) is 33.8 Å². The van der Waals surface area contributed by atoms with Crippen LogP contribution in [0.4, 0.5) is 0 Å². The van der Waals surface area contributed by atoms with Crippen LogP contribution in [0.3, 0.4) is 0 Å². The van der Waals surface area contributed by atoms with Crippen LogP contribution in [0.5, 0.6) is 0 Å². The summed E-state index contributed by atoms with van der Waals surface area (Å²) in [5.74, 6) is -1.09. The van der Waals surface area contributed by atoms with Crippen LogP contribution in [0.2, 0.25) is 0 Å². The zero-order valence-electron chi connectivity index (χ0n) is 14.0. The summed E-state index contributed by atoms with van der Waals surface area (Å²) in [6.45, 7) is 9.23. The Kier molecular flexibility index (Phi) is 5.41. The predicted molar refractivity (Wildman–Crippen MR) is 89.6 cm³/mol. The fraction of sp³-hybridized carbons (Fsp3) is 0.562. The molecule has 0 bridgehead atoms. The SMILES string of the molecule is Cc1cc(C(=O)N2CCN(C(=O)C(=O)NC(C)C)CC2)c(C)s1. The molecule has 2 rings (SSSR count). The summed E-state index contributed by atoms with van der Waals surface area (Å²) in [4.78, 5) is 41.7. The van der Waals surface area contributed by atoms with Crippen LogP contribution < -0.4 is 5.32 Å². The molecule has 6 nitrogen and oxygen atoms in total. The Balaban J connectivity index is 1.93. The first kappa shape index (κ1) is 17.5. The summed E-state index contributed by atoms with van der Waals surface area (Å²) >= 11 is 1.61. The van der Waals surface area contributed by atoms with Crippen LogP contribution in [-0.4, -0.2) is 59.7 Å². The van der Waals surface area contributed by atoms with Crippen LogP contribution in [0.25, 0.3) is 0 Å². The zero-order valence-corrected chi connectivity index (χ0v) is 14.8. The maximum absolute atomic E-state index is 12.5.